The van der Waals surface area contributed by atoms with Gasteiger partial charge in [0, 0.05) is 5.92 Å². The van der Waals surface area contributed by atoms with E-state index in [0.29, 0.717) is 5.92 Å². The van der Waals surface area contributed by atoms with Crippen LogP contribution in [0.1, 0.15) is 33.6 Å². The first kappa shape index (κ1) is 9.01. The highest BCUT2D eigenvalue weighted by atomic mass is 16.7. The Morgan fingerprint density at radius 3 is 2.18 bits per heavy atom. The van der Waals surface area contributed by atoms with E-state index in [2.05, 4.69) is 13.8 Å². The standard InChI is InChI=1S/C9H18O2/c1-4-8-6-10-9(3,5-2)11-7-8/h8H,4-7H2,1-3H3. The van der Waals surface area contributed by atoms with Gasteiger partial charge in [-0.25, -0.2) is 0 Å². The molecule has 0 amide bonds. The Balaban J connectivity index is 2.35. The lowest BCUT2D eigenvalue weighted by Crippen LogP contribution is -2.41. The lowest BCUT2D eigenvalue weighted by molar-refractivity contribution is -0.273. The summed E-state index contributed by atoms with van der Waals surface area (Å²) in [6, 6.07) is 0. The molecule has 0 bridgehead atoms. The second-order valence-electron chi connectivity index (χ2n) is 3.38. The third-order valence-corrected chi connectivity index (χ3v) is 2.47. The average molecular weight is 158 g/mol. The first-order valence-electron chi connectivity index (χ1n) is 4.48. The maximum atomic E-state index is 5.60. The lowest BCUT2D eigenvalue weighted by atomic mass is 10.1. The molecule has 0 aromatic carbocycles. The molecule has 0 aromatic rings. The van der Waals surface area contributed by atoms with Gasteiger partial charge in [-0.1, -0.05) is 13.8 Å². The van der Waals surface area contributed by atoms with Gasteiger partial charge in [-0.3, -0.25) is 0 Å². The van der Waals surface area contributed by atoms with Gasteiger partial charge in [0.1, 0.15) is 0 Å². The minimum absolute atomic E-state index is 0.300. The van der Waals surface area contributed by atoms with E-state index < -0.39 is 0 Å². The molecule has 0 spiro atoms. The van der Waals surface area contributed by atoms with Crippen LogP contribution in [0.25, 0.3) is 0 Å². The van der Waals surface area contributed by atoms with Crippen molar-refractivity contribution < 1.29 is 9.47 Å². The van der Waals surface area contributed by atoms with Crippen LogP contribution in [0.15, 0.2) is 0 Å². The maximum absolute atomic E-state index is 5.60. The fourth-order valence-electron chi connectivity index (χ4n) is 1.12. The van der Waals surface area contributed by atoms with Crippen LogP contribution in [0, 0.1) is 5.92 Å². The van der Waals surface area contributed by atoms with Crippen LogP contribution in [0.3, 0.4) is 0 Å². The molecule has 1 heterocycles. The van der Waals surface area contributed by atoms with Crippen LogP contribution < -0.4 is 0 Å². The van der Waals surface area contributed by atoms with Gasteiger partial charge in [0.05, 0.1) is 13.2 Å². The van der Waals surface area contributed by atoms with Crippen molar-refractivity contribution in [3.63, 3.8) is 0 Å². The zero-order valence-corrected chi connectivity index (χ0v) is 7.72. The van der Waals surface area contributed by atoms with Crippen molar-refractivity contribution in [3.05, 3.63) is 0 Å². The van der Waals surface area contributed by atoms with Gasteiger partial charge in [0.15, 0.2) is 5.79 Å². The van der Waals surface area contributed by atoms with Crippen LogP contribution in [0.2, 0.25) is 0 Å². The predicted molar refractivity (Wildman–Crippen MR) is 44.4 cm³/mol. The fourth-order valence-corrected chi connectivity index (χ4v) is 1.12. The smallest absolute Gasteiger partial charge is 0.165 e. The van der Waals surface area contributed by atoms with E-state index in [1.165, 1.54) is 0 Å². The minimum atomic E-state index is -0.300. The Labute approximate surface area is 68.9 Å². The molecule has 1 aliphatic rings. The zero-order chi connectivity index (χ0) is 8.32. The zero-order valence-electron chi connectivity index (χ0n) is 7.72. The van der Waals surface area contributed by atoms with Crippen LogP contribution in [0.4, 0.5) is 0 Å². The summed E-state index contributed by atoms with van der Waals surface area (Å²) in [5.41, 5.74) is 0. The van der Waals surface area contributed by atoms with Crippen molar-refractivity contribution in [2.24, 2.45) is 5.92 Å². The largest absolute Gasteiger partial charge is 0.350 e. The Hall–Kier alpha value is -0.0800. The van der Waals surface area contributed by atoms with E-state index in [9.17, 15) is 0 Å². The lowest BCUT2D eigenvalue weighted by Gasteiger charge is -2.36. The Kier molecular flexibility index (Phi) is 2.90. The summed E-state index contributed by atoms with van der Waals surface area (Å²) in [5.74, 6) is 0.306. The summed E-state index contributed by atoms with van der Waals surface area (Å²) in [6.07, 6.45) is 2.09. The number of ether oxygens (including phenoxy) is 2. The molecular weight excluding hydrogens is 140 g/mol. The molecule has 0 saturated carbocycles. The quantitative estimate of drug-likeness (QED) is 0.613. The third-order valence-electron chi connectivity index (χ3n) is 2.47. The summed E-state index contributed by atoms with van der Waals surface area (Å²) in [5, 5.41) is 0. The first-order valence-corrected chi connectivity index (χ1v) is 4.48. The van der Waals surface area contributed by atoms with E-state index in [4.69, 9.17) is 9.47 Å². The van der Waals surface area contributed by atoms with E-state index in [1.54, 1.807) is 0 Å². The Morgan fingerprint density at radius 1 is 1.27 bits per heavy atom. The van der Waals surface area contributed by atoms with Gasteiger partial charge in [0.25, 0.3) is 0 Å². The molecule has 11 heavy (non-hydrogen) atoms. The second kappa shape index (κ2) is 3.55. The SMILES string of the molecule is CCC1COC(C)(CC)OC1. The maximum Gasteiger partial charge on any atom is 0.165 e. The molecule has 0 unspecified atom stereocenters. The van der Waals surface area contributed by atoms with E-state index >= 15 is 0 Å². The van der Waals surface area contributed by atoms with E-state index in [0.717, 1.165) is 26.1 Å². The average Bonchev–Trinajstić information content (AvgIpc) is 2.06. The van der Waals surface area contributed by atoms with Crippen LogP contribution in [0.5, 0.6) is 0 Å². The van der Waals surface area contributed by atoms with Crippen molar-refractivity contribution in [1.82, 2.24) is 0 Å². The summed E-state index contributed by atoms with van der Waals surface area (Å²) in [7, 11) is 0. The molecule has 1 aliphatic heterocycles. The third kappa shape index (κ3) is 2.17. The topological polar surface area (TPSA) is 18.5 Å². The summed E-state index contributed by atoms with van der Waals surface area (Å²) >= 11 is 0. The first-order chi connectivity index (χ1) is 5.20. The Bertz CT molecular complexity index is 115. The normalized spacial score (nSPS) is 39.0. The monoisotopic (exact) mass is 158 g/mol. The highest BCUT2D eigenvalue weighted by Gasteiger charge is 2.30. The molecule has 0 atom stereocenters. The van der Waals surface area contributed by atoms with Crippen LogP contribution in [-0.2, 0) is 9.47 Å². The van der Waals surface area contributed by atoms with Gasteiger partial charge in [-0.2, -0.15) is 0 Å². The molecule has 2 heteroatoms. The van der Waals surface area contributed by atoms with Crippen LogP contribution >= 0.6 is 0 Å². The molecule has 2 nitrogen and oxygen atoms in total. The van der Waals surface area contributed by atoms with Crippen LogP contribution in [-0.4, -0.2) is 19.0 Å². The molecule has 1 saturated heterocycles. The van der Waals surface area contributed by atoms with Crippen molar-refractivity contribution in [2.45, 2.75) is 39.4 Å². The second-order valence-corrected chi connectivity index (χ2v) is 3.38. The summed E-state index contributed by atoms with van der Waals surface area (Å²) in [4.78, 5) is 0. The van der Waals surface area contributed by atoms with Crippen molar-refractivity contribution in [3.8, 4) is 0 Å². The molecule has 0 N–H and O–H groups in total. The molecule has 0 aliphatic carbocycles. The predicted octanol–water partition coefficient (Wildman–Crippen LogP) is 2.19. The summed E-state index contributed by atoms with van der Waals surface area (Å²) < 4.78 is 11.2. The van der Waals surface area contributed by atoms with Crippen molar-refractivity contribution >= 4 is 0 Å². The molecule has 0 radical (unpaired) electrons. The van der Waals surface area contributed by atoms with Gasteiger partial charge < -0.3 is 9.47 Å². The highest BCUT2D eigenvalue weighted by molar-refractivity contribution is 4.68. The van der Waals surface area contributed by atoms with Gasteiger partial charge in [-0.05, 0) is 19.8 Å². The highest BCUT2D eigenvalue weighted by Crippen LogP contribution is 2.25. The molecule has 0 aromatic heterocycles. The number of rotatable bonds is 2. The Morgan fingerprint density at radius 2 is 1.82 bits per heavy atom. The van der Waals surface area contributed by atoms with E-state index in [-0.39, 0.29) is 5.79 Å². The molecule has 1 rings (SSSR count). The molecular formula is C9H18O2. The minimum Gasteiger partial charge on any atom is -0.350 e. The van der Waals surface area contributed by atoms with E-state index in [1.807, 2.05) is 6.92 Å². The van der Waals surface area contributed by atoms with Gasteiger partial charge in [-0.15, -0.1) is 0 Å². The van der Waals surface area contributed by atoms with Gasteiger partial charge >= 0.3 is 0 Å². The summed E-state index contributed by atoms with van der Waals surface area (Å²) in [6.45, 7) is 8.00. The van der Waals surface area contributed by atoms with Crippen molar-refractivity contribution in [1.29, 1.82) is 0 Å². The van der Waals surface area contributed by atoms with Crippen molar-refractivity contribution in [2.75, 3.05) is 13.2 Å². The van der Waals surface area contributed by atoms with Gasteiger partial charge in [0.2, 0.25) is 0 Å². The molecule has 1 fully saturated rings. The molecule has 66 valence electrons. The number of hydrogen-bond acceptors (Lipinski definition) is 2. The number of hydrogen-bond donors (Lipinski definition) is 0. The fraction of sp³-hybridized carbons (Fsp3) is 1.00.